The largest absolute Gasteiger partial charge is 0.263 e. The number of benzene rings is 2. The normalized spacial score (nSPS) is 11.2. The first-order valence-corrected chi connectivity index (χ1v) is 5.86. The Balaban J connectivity index is 2.87. The lowest BCUT2D eigenvalue weighted by Crippen LogP contribution is -1.96. The van der Waals surface area contributed by atoms with Crippen molar-refractivity contribution in [1.82, 2.24) is 0 Å². The van der Waals surface area contributed by atoms with Gasteiger partial charge in [-0.1, -0.05) is 31.9 Å². The molecule has 0 saturated carbocycles. The maximum atomic E-state index is 12.9. The van der Waals surface area contributed by atoms with E-state index >= 15 is 0 Å². The molecule has 2 heteroatoms. The number of terminal acetylenes is 1. The van der Waals surface area contributed by atoms with Crippen LogP contribution in [0.1, 0.15) is 42.9 Å². The highest BCUT2D eigenvalue weighted by Crippen LogP contribution is 2.32. The molecule has 18 heavy (non-hydrogen) atoms. The minimum absolute atomic E-state index is 0.0559. The van der Waals surface area contributed by atoms with Crippen LogP contribution in [0.4, 0.5) is 8.78 Å². The first-order chi connectivity index (χ1) is 8.54. The Hall–Kier alpha value is -1.88. The minimum atomic E-state index is -2.46. The van der Waals surface area contributed by atoms with Crippen molar-refractivity contribution in [1.29, 1.82) is 0 Å². The van der Waals surface area contributed by atoms with Gasteiger partial charge >= 0.3 is 0 Å². The van der Waals surface area contributed by atoms with Gasteiger partial charge in [0.2, 0.25) is 0 Å². The number of halogens is 2. The lowest BCUT2D eigenvalue weighted by molar-refractivity contribution is 0.151. The molecule has 0 amide bonds. The van der Waals surface area contributed by atoms with Crippen LogP contribution in [0, 0.1) is 12.3 Å². The molecule has 0 bridgehead atoms. The van der Waals surface area contributed by atoms with Crippen LogP contribution in [0.15, 0.2) is 30.3 Å². The third-order valence-corrected chi connectivity index (χ3v) is 3.06. The summed E-state index contributed by atoms with van der Waals surface area (Å²) in [6.45, 7) is 3.97. The summed E-state index contributed by atoms with van der Waals surface area (Å²) in [5, 5.41) is 1.70. The highest BCUT2D eigenvalue weighted by molar-refractivity contribution is 5.92. The second kappa shape index (κ2) is 4.78. The summed E-state index contributed by atoms with van der Waals surface area (Å²) in [5.74, 6) is 2.78. The summed E-state index contributed by atoms with van der Waals surface area (Å²) in [6, 6.07) is 8.56. The fourth-order valence-corrected chi connectivity index (χ4v) is 2.19. The molecule has 92 valence electrons. The summed E-state index contributed by atoms with van der Waals surface area (Å²) >= 11 is 0. The molecule has 0 atom stereocenters. The average molecular weight is 244 g/mol. The second-order valence-electron chi connectivity index (χ2n) is 4.61. The Morgan fingerprint density at radius 1 is 1.17 bits per heavy atom. The summed E-state index contributed by atoms with van der Waals surface area (Å²) < 4.78 is 25.8. The van der Waals surface area contributed by atoms with Crippen molar-refractivity contribution < 1.29 is 8.78 Å². The highest BCUT2D eigenvalue weighted by Gasteiger charge is 2.14. The quantitative estimate of drug-likeness (QED) is 0.660. The Kier molecular flexibility index (Phi) is 3.34. The number of rotatable bonds is 2. The molecular weight excluding hydrogens is 230 g/mol. The summed E-state index contributed by atoms with van der Waals surface area (Å²) in [4.78, 5) is 0. The molecule has 2 rings (SSSR count). The third kappa shape index (κ3) is 2.09. The van der Waals surface area contributed by atoms with Gasteiger partial charge in [-0.2, -0.15) is 0 Å². The Bertz CT molecular complexity index is 619. The minimum Gasteiger partial charge on any atom is -0.205 e. The molecule has 2 aromatic carbocycles. The standard InChI is InChI=1S/C16H14F2/c1-4-11-6-5-7-12-8-13(16(17)18)9-14(10(2)3)15(11)12/h1,5-10,16H,2-3H3. The van der Waals surface area contributed by atoms with Gasteiger partial charge in [-0.15, -0.1) is 6.42 Å². The van der Waals surface area contributed by atoms with Crippen molar-refractivity contribution in [2.75, 3.05) is 0 Å². The molecule has 0 aromatic heterocycles. The van der Waals surface area contributed by atoms with Crippen LogP contribution in [0.3, 0.4) is 0 Å². The number of fused-ring (bicyclic) bond motifs is 1. The lowest BCUT2D eigenvalue weighted by Gasteiger charge is -2.14. The number of alkyl halides is 2. The van der Waals surface area contributed by atoms with Gasteiger partial charge in [0.05, 0.1) is 0 Å². The van der Waals surface area contributed by atoms with Crippen molar-refractivity contribution >= 4 is 10.8 Å². The van der Waals surface area contributed by atoms with E-state index < -0.39 is 6.43 Å². The predicted octanol–water partition coefficient (Wildman–Crippen LogP) is 4.88. The van der Waals surface area contributed by atoms with Gasteiger partial charge in [-0.05, 0) is 35.1 Å². The van der Waals surface area contributed by atoms with Gasteiger partial charge in [-0.25, -0.2) is 8.78 Å². The monoisotopic (exact) mass is 244 g/mol. The van der Waals surface area contributed by atoms with E-state index in [9.17, 15) is 8.78 Å². The molecule has 0 aliphatic carbocycles. The topological polar surface area (TPSA) is 0 Å². The predicted molar refractivity (Wildman–Crippen MR) is 70.9 cm³/mol. The molecule has 0 saturated heterocycles. The van der Waals surface area contributed by atoms with Gasteiger partial charge < -0.3 is 0 Å². The zero-order valence-electron chi connectivity index (χ0n) is 10.4. The number of hydrogen-bond donors (Lipinski definition) is 0. The third-order valence-electron chi connectivity index (χ3n) is 3.06. The van der Waals surface area contributed by atoms with E-state index in [2.05, 4.69) is 5.92 Å². The molecule has 0 N–H and O–H groups in total. The maximum absolute atomic E-state index is 12.9. The summed E-state index contributed by atoms with van der Waals surface area (Å²) in [7, 11) is 0. The SMILES string of the molecule is C#Cc1cccc2cc(C(F)F)cc(C(C)C)c12. The van der Waals surface area contributed by atoms with E-state index in [4.69, 9.17) is 6.42 Å². The van der Waals surface area contributed by atoms with E-state index in [0.29, 0.717) is 0 Å². The van der Waals surface area contributed by atoms with Crippen molar-refractivity contribution in [3.05, 3.63) is 47.0 Å². The van der Waals surface area contributed by atoms with Crippen LogP contribution in [0.2, 0.25) is 0 Å². The van der Waals surface area contributed by atoms with E-state index in [-0.39, 0.29) is 11.5 Å². The van der Waals surface area contributed by atoms with Crippen molar-refractivity contribution in [3.8, 4) is 12.3 Å². The van der Waals surface area contributed by atoms with E-state index in [1.54, 1.807) is 12.1 Å². The first kappa shape index (κ1) is 12.6. The van der Waals surface area contributed by atoms with Crippen LogP contribution in [-0.4, -0.2) is 0 Å². The zero-order valence-corrected chi connectivity index (χ0v) is 10.4. The van der Waals surface area contributed by atoms with E-state index in [1.165, 1.54) is 6.07 Å². The van der Waals surface area contributed by atoms with Gasteiger partial charge in [0.1, 0.15) is 0 Å². The van der Waals surface area contributed by atoms with Crippen LogP contribution < -0.4 is 0 Å². The fraction of sp³-hybridized carbons (Fsp3) is 0.250. The lowest BCUT2D eigenvalue weighted by atomic mass is 9.91. The van der Waals surface area contributed by atoms with Gasteiger partial charge in [0, 0.05) is 16.5 Å². The van der Waals surface area contributed by atoms with Crippen molar-refractivity contribution in [2.45, 2.75) is 26.2 Å². The molecule has 0 radical (unpaired) electrons. The maximum Gasteiger partial charge on any atom is 0.263 e. The second-order valence-corrected chi connectivity index (χ2v) is 4.61. The molecule has 2 aromatic rings. The molecule has 0 spiro atoms. The fourth-order valence-electron chi connectivity index (χ4n) is 2.19. The molecule has 0 fully saturated rings. The molecule has 0 heterocycles. The number of hydrogen-bond acceptors (Lipinski definition) is 0. The average Bonchev–Trinajstić information content (AvgIpc) is 2.36. The van der Waals surface area contributed by atoms with Crippen LogP contribution in [-0.2, 0) is 0 Å². The molecule has 0 nitrogen and oxygen atoms in total. The van der Waals surface area contributed by atoms with Gasteiger partial charge in [0.25, 0.3) is 6.43 Å². The van der Waals surface area contributed by atoms with Crippen LogP contribution in [0.25, 0.3) is 10.8 Å². The van der Waals surface area contributed by atoms with Gasteiger partial charge in [0.15, 0.2) is 0 Å². The summed E-state index contributed by atoms with van der Waals surface area (Å²) in [5.41, 5.74) is 1.70. The zero-order chi connectivity index (χ0) is 13.3. The van der Waals surface area contributed by atoms with Crippen LogP contribution >= 0.6 is 0 Å². The Morgan fingerprint density at radius 2 is 1.89 bits per heavy atom. The highest BCUT2D eigenvalue weighted by atomic mass is 19.3. The van der Waals surface area contributed by atoms with Crippen molar-refractivity contribution in [3.63, 3.8) is 0 Å². The molecular formula is C16H14F2. The smallest absolute Gasteiger partial charge is 0.205 e. The molecule has 0 aliphatic heterocycles. The molecule has 0 aliphatic rings. The Morgan fingerprint density at radius 3 is 2.44 bits per heavy atom. The first-order valence-electron chi connectivity index (χ1n) is 5.86. The van der Waals surface area contributed by atoms with E-state index in [1.807, 2.05) is 26.0 Å². The van der Waals surface area contributed by atoms with Crippen molar-refractivity contribution in [2.24, 2.45) is 0 Å². The summed E-state index contributed by atoms with van der Waals surface area (Å²) in [6.07, 6.45) is 3.03. The van der Waals surface area contributed by atoms with E-state index in [0.717, 1.165) is 21.9 Å². The van der Waals surface area contributed by atoms with Crippen LogP contribution in [0.5, 0.6) is 0 Å². The molecule has 0 unspecified atom stereocenters. The van der Waals surface area contributed by atoms with Gasteiger partial charge in [-0.3, -0.25) is 0 Å². The Labute approximate surface area is 106 Å².